The molecule has 1 aromatic carbocycles. The van der Waals surface area contributed by atoms with Gasteiger partial charge in [0.25, 0.3) is 0 Å². The highest BCUT2D eigenvalue weighted by Gasteiger charge is 2.02. The average Bonchev–Trinajstić information content (AvgIpc) is 2.68. The van der Waals surface area contributed by atoms with Gasteiger partial charge in [-0.2, -0.15) is 20.3 Å². The normalized spacial score (nSPS) is 11.5. The van der Waals surface area contributed by atoms with Crippen LogP contribution in [-0.4, -0.2) is 26.4 Å². The monoisotopic (exact) mass is 246 g/mol. The molecule has 17 heavy (non-hydrogen) atoms. The van der Waals surface area contributed by atoms with Gasteiger partial charge in [0.15, 0.2) is 11.4 Å². The highest BCUT2D eigenvalue weighted by atomic mass is 32.2. The number of aliphatic imine (C=N–C) groups is 1. The second kappa shape index (κ2) is 4.84. The number of thioether (sulfide) groups is 1. The summed E-state index contributed by atoms with van der Waals surface area (Å²) in [5, 5.41) is 20.0. The Hall–Kier alpha value is -2.07. The van der Waals surface area contributed by atoms with Crippen molar-refractivity contribution in [3.8, 4) is 6.19 Å². The molecule has 2 rings (SSSR count). The van der Waals surface area contributed by atoms with E-state index < -0.39 is 0 Å². The average molecular weight is 246 g/mol. The molecule has 1 N–H and O–H groups in total. The molecule has 0 spiro atoms. The van der Waals surface area contributed by atoms with E-state index in [1.165, 1.54) is 16.6 Å². The summed E-state index contributed by atoms with van der Waals surface area (Å²) in [5.74, 6) is 0. The van der Waals surface area contributed by atoms with Crippen molar-refractivity contribution in [1.29, 1.82) is 5.26 Å². The molecule has 0 aliphatic rings. The quantitative estimate of drug-likeness (QED) is 0.356. The Morgan fingerprint density at radius 1 is 1.47 bits per heavy atom. The van der Waals surface area contributed by atoms with Gasteiger partial charge in [-0.1, -0.05) is 11.8 Å². The van der Waals surface area contributed by atoms with Crippen molar-refractivity contribution in [1.82, 2.24) is 20.3 Å². The highest BCUT2D eigenvalue weighted by molar-refractivity contribution is 8.13. The fourth-order valence-electron chi connectivity index (χ4n) is 1.37. The van der Waals surface area contributed by atoms with Crippen molar-refractivity contribution in [3.05, 3.63) is 18.2 Å². The second-order valence-electron chi connectivity index (χ2n) is 3.22. The van der Waals surface area contributed by atoms with E-state index in [4.69, 9.17) is 5.26 Å². The first-order chi connectivity index (χ1) is 8.22. The Labute approximate surface area is 102 Å². The number of benzene rings is 1. The maximum atomic E-state index is 8.54. The Morgan fingerprint density at radius 3 is 2.94 bits per heavy atom. The van der Waals surface area contributed by atoms with Gasteiger partial charge in [-0.05, 0) is 24.5 Å². The summed E-state index contributed by atoms with van der Waals surface area (Å²) >= 11 is 1.38. The molecule has 0 amide bonds. The lowest BCUT2D eigenvalue weighted by Gasteiger charge is -1.98. The third-order valence-corrected chi connectivity index (χ3v) is 2.63. The minimum atomic E-state index is 0.552. The molecule has 2 aromatic rings. The van der Waals surface area contributed by atoms with Gasteiger partial charge in [0, 0.05) is 7.05 Å². The molecule has 0 atom stereocenters. The lowest BCUT2D eigenvalue weighted by molar-refractivity contribution is 0.665. The standard InChI is InChI=1S/C10H10N6S/c1-16-14-8-4-3-7(5-9(8)15-16)13-10(17-2)12-6-11/h3-5H,1-2H3,(H,12,13). The largest absolute Gasteiger partial charge is 0.271 e. The first kappa shape index (κ1) is 11.4. The Morgan fingerprint density at radius 2 is 2.24 bits per heavy atom. The van der Waals surface area contributed by atoms with Crippen molar-refractivity contribution in [2.24, 2.45) is 12.0 Å². The van der Waals surface area contributed by atoms with Crippen molar-refractivity contribution < 1.29 is 0 Å². The topological polar surface area (TPSA) is 78.9 Å². The summed E-state index contributed by atoms with van der Waals surface area (Å²) in [5.41, 5.74) is 2.35. The van der Waals surface area contributed by atoms with E-state index in [1.807, 2.05) is 30.6 Å². The van der Waals surface area contributed by atoms with Crippen molar-refractivity contribution in [3.63, 3.8) is 0 Å². The fourth-order valence-corrected chi connectivity index (χ4v) is 1.71. The Kier molecular flexibility index (Phi) is 3.25. The molecule has 0 bridgehead atoms. The summed E-state index contributed by atoms with van der Waals surface area (Å²) in [4.78, 5) is 5.81. The van der Waals surface area contributed by atoms with Gasteiger partial charge in [-0.25, -0.2) is 4.99 Å². The smallest absolute Gasteiger partial charge is 0.183 e. The number of nitriles is 1. The fraction of sp³-hybridized carbons (Fsp3) is 0.200. The van der Waals surface area contributed by atoms with Crippen LogP contribution in [0.15, 0.2) is 23.2 Å². The van der Waals surface area contributed by atoms with Gasteiger partial charge in [-0.3, -0.25) is 5.32 Å². The van der Waals surface area contributed by atoms with E-state index in [0.29, 0.717) is 5.17 Å². The predicted molar refractivity (Wildman–Crippen MR) is 67.9 cm³/mol. The van der Waals surface area contributed by atoms with E-state index in [0.717, 1.165) is 16.7 Å². The zero-order valence-electron chi connectivity index (χ0n) is 9.38. The summed E-state index contributed by atoms with van der Waals surface area (Å²) in [6, 6.07) is 5.52. The number of rotatable bonds is 1. The molecule has 6 nitrogen and oxygen atoms in total. The van der Waals surface area contributed by atoms with Crippen LogP contribution in [0.4, 0.5) is 5.69 Å². The number of aryl methyl sites for hydroxylation is 1. The molecular formula is C10H10N6S. The zero-order valence-corrected chi connectivity index (χ0v) is 10.2. The molecule has 0 unspecified atom stereocenters. The molecule has 1 heterocycles. The number of hydrogen-bond acceptors (Lipinski definition) is 5. The molecular weight excluding hydrogens is 236 g/mol. The number of nitrogens with one attached hydrogen (secondary N) is 1. The molecule has 0 radical (unpaired) electrons. The van der Waals surface area contributed by atoms with Crippen LogP contribution in [0.2, 0.25) is 0 Å². The first-order valence-electron chi connectivity index (χ1n) is 4.82. The maximum absolute atomic E-state index is 8.54. The lowest BCUT2D eigenvalue weighted by atomic mass is 10.3. The molecule has 0 saturated heterocycles. The Balaban J connectivity index is 2.39. The number of nitrogens with zero attached hydrogens (tertiary/aromatic N) is 5. The van der Waals surface area contributed by atoms with Crippen LogP contribution in [0.25, 0.3) is 11.0 Å². The minimum Gasteiger partial charge on any atom is -0.271 e. The van der Waals surface area contributed by atoms with Crippen LogP contribution < -0.4 is 5.32 Å². The highest BCUT2D eigenvalue weighted by Crippen LogP contribution is 2.19. The maximum Gasteiger partial charge on any atom is 0.183 e. The third-order valence-electron chi connectivity index (χ3n) is 2.05. The van der Waals surface area contributed by atoms with Crippen LogP contribution in [-0.2, 0) is 7.05 Å². The summed E-state index contributed by atoms with van der Waals surface area (Å²) < 4.78 is 0. The molecule has 0 aliphatic heterocycles. The number of amidine groups is 1. The van der Waals surface area contributed by atoms with Crippen molar-refractivity contribution in [2.75, 3.05) is 6.26 Å². The first-order valence-corrected chi connectivity index (χ1v) is 6.04. The van der Waals surface area contributed by atoms with Crippen LogP contribution in [0.3, 0.4) is 0 Å². The van der Waals surface area contributed by atoms with E-state index in [1.54, 1.807) is 7.05 Å². The summed E-state index contributed by atoms with van der Waals surface area (Å²) in [7, 11) is 1.77. The van der Waals surface area contributed by atoms with Gasteiger partial charge in [0.1, 0.15) is 11.0 Å². The Bertz CT molecular complexity index is 609. The molecule has 7 heteroatoms. The van der Waals surface area contributed by atoms with Gasteiger partial charge >= 0.3 is 0 Å². The molecule has 0 saturated carbocycles. The van der Waals surface area contributed by atoms with Crippen molar-refractivity contribution in [2.45, 2.75) is 0 Å². The van der Waals surface area contributed by atoms with E-state index in [-0.39, 0.29) is 0 Å². The van der Waals surface area contributed by atoms with E-state index in [2.05, 4.69) is 20.5 Å². The number of fused-ring (bicyclic) bond motifs is 1. The van der Waals surface area contributed by atoms with Crippen LogP contribution in [0.5, 0.6) is 0 Å². The lowest BCUT2D eigenvalue weighted by Crippen LogP contribution is -2.12. The van der Waals surface area contributed by atoms with Gasteiger partial charge in [0.2, 0.25) is 0 Å². The molecule has 86 valence electrons. The van der Waals surface area contributed by atoms with Crippen molar-refractivity contribution >= 4 is 33.7 Å². The zero-order chi connectivity index (χ0) is 12.3. The number of aromatic nitrogens is 3. The summed E-state index contributed by atoms with van der Waals surface area (Å²) in [6.45, 7) is 0. The van der Waals surface area contributed by atoms with Gasteiger partial charge in [0.05, 0.1) is 5.69 Å². The third kappa shape index (κ3) is 2.54. The van der Waals surface area contributed by atoms with Crippen LogP contribution in [0, 0.1) is 11.5 Å². The van der Waals surface area contributed by atoms with E-state index >= 15 is 0 Å². The SMILES string of the molecule is CSC(=Nc1ccc2nn(C)nc2c1)NC#N. The minimum absolute atomic E-state index is 0.552. The molecule has 1 aromatic heterocycles. The number of hydrogen-bond donors (Lipinski definition) is 1. The van der Waals surface area contributed by atoms with Gasteiger partial charge in [-0.15, -0.1) is 0 Å². The summed E-state index contributed by atoms with van der Waals surface area (Å²) in [6.07, 6.45) is 3.70. The molecule has 0 aliphatic carbocycles. The van der Waals surface area contributed by atoms with Crippen LogP contribution >= 0.6 is 11.8 Å². The van der Waals surface area contributed by atoms with Gasteiger partial charge < -0.3 is 0 Å². The second-order valence-corrected chi connectivity index (χ2v) is 4.02. The predicted octanol–water partition coefficient (Wildman–Crippen LogP) is 1.39. The van der Waals surface area contributed by atoms with Crippen LogP contribution in [0.1, 0.15) is 0 Å². The molecule has 0 fully saturated rings. The van der Waals surface area contributed by atoms with E-state index in [9.17, 15) is 0 Å².